The second kappa shape index (κ2) is 7.46. The lowest BCUT2D eigenvalue weighted by molar-refractivity contribution is 0.130. The van der Waals surface area contributed by atoms with Crippen LogP contribution in [0, 0.1) is 0 Å². The Hall–Kier alpha value is -1.56. The van der Waals surface area contributed by atoms with Gasteiger partial charge in [-0.15, -0.1) is 0 Å². The van der Waals surface area contributed by atoms with E-state index in [-0.39, 0.29) is 0 Å². The fourth-order valence-corrected chi connectivity index (χ4v) is 5.41. The summed E-state index contributed by atoms with van der Waals surface area (Å²) >= 11 is 3.65. The minimum absolute atomic E-state index is 0.607. The van der Waals surface area contributed by atoms with Crippen LogP contribution in [0.1, 0.15) is 29.0 Å². The molecule has 2 aromatic carbocycles. The molecule has 5 heteroatoms. The lowest BCUT2D eigenvalue weighted by Crippen LogP contribution is -2.44. The van der Waals surface area contributed by atoms with Crippen LogP contribution in [0.5, 0.6) is 0 Å². The van der Waals surface area contributed by atoms with Gasteiger partial charge < -0.3 is 20.3 Å². The van der Waals surface area contributed by atoms with E-state index in [0.717, 1.165) is 45.8 Å². The topological polar surface area (TPSA) is 36.5 Å². The Morgan fingerprint density at radius 2 is 2.19 bits per heavy atom. The van der Waals surface area contributed by atoms with E-state index < -0.39 is 0 Å². The summed E-state index contributed by atoms with van der Waals surface area (Å²) in [6.07, 6.45) is 2.23. The molecule has 1 unspecified atom stereocenters. The molecule has 0 spiro atoms. The van der Waals surface area contributed by atoms with E-state index in [1.54, 1.807) is 0 Å². The van der Waals surface area contributed by atoms with Crippen molar-refractivity contribution >= 4 is 27.3 Å². The molecule has 5 rings (SSSR count). The molecule has 0 amide bonds. The highest BCUT2D eigenvalue weighted by atomic mass is 79.9. The maximum atomic E-state index is 5.91. The average Bonchev–Trinajstić information content (AvgIpc) is 2.85. The first kappa shape index (κ1) is 17.5. The molecule has 4 nitrogen and oxygen atoms in total. The van der Waals surface area contributed by atoms with Crippen LogP contribution in [0.25, 0.3) is 0 Å². The van der Waals surface area contributed by atoms with E-state index >= 15 is 0 Å². The molecule has 3 aliphatic heterocycles. The largest absolute Gasteiger partial charge is 0.385 e. The van der Waals surface area contributed by atoms with Crippen molar-refractivity contribution in [3.8, 4) is 0 Å². The van der Waals surface area contributed by atoms with Gasteiger partial charge in [-0.25, -0.2) is 0 Å². The molecule has 27 heavy (non-hydrogen) atoms. The molecule has 1 saturated heterocycles. The average molecular weight is 428 g/mol. The maximum absolute atomic E-state index is 5.91. The molecule has 0 bridgehead atoms. The van der Waals surface area contributed by atoms with Gasteiger partial charge in [0.2, 0.25) is 0 Å². The Kier molecular flexibility index (Phi) is 4.84. The van der Waals surface area contributed by atoms with E-state index in [4.69, 9.17) is 4.74 Å². The van der Waals surface area contributed by atoms with Crippen molar-refractivity contribution in [2.75, 3.05) is 43.0 Å². The highest BCUT2D eigenvalue weighted by Gasteiger charge is 2.41. The SMILES string of the molecule is Brc1ccccc1CCNc1cc2c3c(c1)[C@@H]1CNCCC1N3CCOC2. The van der Waals surface area contributed by atoms with Crippen LogP contribution in [0.4, 0.5) is 11.4 Å². The van der Waals surface area contributed by atoms with Crippen molar-refractivity contribution in [2.45, 2.75) is 31.4 Å². The summed E-state index contributed by atoms with van der Waals surface area (Å²) in [4.78, 5) is 2.63. The number of piperidine rings is 1. The lowest BCUT2D eigenvalue weighted by atomic mass is 9.89. The number of ether oxygens (including phenoxy) is 1. The van der Waals surface area contributed by atoms with Gasteiger partial charge in [0.1, 0.15) is 0 Å². The van der Waals surface area contributed by atoms with E-state index in [0.29, 0.717) is 12.0 Å². The monoisotopic (exact) mass is 427 g/mol. The minimum atomic E-state index is 0.607. The highest BCUT2D eigenvalue weighted by molar-refractivity contribution is 9.10. The van der Waals surface area contributed by atoms with Crippen molar-refractivity contribution in [3.63, 3.8) is 0 Å². The van der Waals surface area contributed by atoms with Crippen molar-refractivity contribution in [3.05, 3.63) is 57.6 Å². The maximum Gasteiger partial charge on any atom is 0.0738 e. The van der Waals surface area contributed by atoms with Crippen LogP contribution in [-0.2, 0) is 17.8 Å². The summed E-state index contributed by atoms with van der Waals surface area (Å²) in [5.41, 5.74) is 6.90. The Balaban J connectivity index is 1.39. The first-order chi connectivity index (χ1) is 13.3. The van der Waals surface area contributed by atoms with E-state index in [2.05, 4.69) is 67.9 Å². The van der Waals surface area contributed by atoms with Gasteiger partial charge in [-0.05, 0) is 48.7 Å². The number of anilines is 2. The molecule has 0 saturated carbocycles. The smallest absolute Gasteiger partial charge is 0.0738 e. The zero-order chi connectivity index (χ0) is 18.2. The first-order valence-corrected chi connectivity index (χ1v) is 10.8. The van der Waals surface area contributed by atoms with E-state index in [9.17, 15) is 0 Å². The first-order valence-electron chi connectivity index (χ1n) is 10.0. The van der Waals surface area contributed by atoms with Gasteiger partial charge in [-0.1, -0.05) is 34.1 Å². The second-order valence-corrected chi connectivity index (χ2v) is 8.61. The van der Waals surface area contributed by atoms with Gasteiger partial charge in [0, 0.05) is 53.0 Å². The summed E-state index contributed by atoms with van der Waals surface area (Å²) in [6, 6.07) is 13.8. The van der Waals surface area contributed by atoms with Crippen LogP contribution in [0.3, 0.4) is 0 Å². The Bertz CT molecular complexity index is 840. The van der Waals surface area contributed by atoms with Gasteiger partial charge in [0.05, 0.1) is 13.2 Å². The fourth-order valence-electron chi connectivity index (χ4n) is 4.93. The summed E-state index contributed by atoms with van der Waals surface area (Å²) in [5, 5.41) is 7.27. The summed E-state index contributed by atoms with van der Waals surface area (Å²) < 4.78 is 7.10. The number of hydrogen-bond donors (Lipinski definition) is 2. The van der Waals surface area contributed by atoms with Crippen molar-refractivity contribution < 1.29 is 4.74 Å². The third kappa shape index (κ3) is 3.26. The van der Waals surface area contributed by atoms with E-state index in [1.165, 1.54) is 39.0 Å². The molecule has 0 aliphatic carbocycles. The number of hydrogen-bond acceptors (Lipinski definition) is 4. The van der Waals surface area contributed by atoms with Gasteiger partial charge in [-0.3, -0.25) is 0 Å². The molecular weight excluding hydrogens is 402 g/mol. The number of benzene rings is 2. The van der Waals surface area contributed by atoms with Crippen LogP contribution >= 0.6 is 15.9 Å². The zero-order valence-corrected chi connectivity index (χ0v) is 17.1. The second-order valence-electron chi connectivity index (χ2n) is 7.75. The predicted octanol–water partition coefficient (Wildman–Crippen LogP) is 3.90. The van der Waals surface area contributed by atoms with Crippen LogP contribution in [0.2, 0.25) is 0 Å². The lowest BCUT2D eigenvalue weighted by Gasteiger charge is -2.33. The number of halogens is 1. The molecule has 2 aromatic rings. The fraction of sp³-hybridized carbons (Fsp3) is 0.455. The molecule has 3 aliphatic rings. The Morgan fingerprint density at radius 1 is 1.26 bits per heavy atom. The Morgan fingerprint density at radius 3 is 3.11 bits per heavy atom. The standard InChI is InChI=1S/C22H26BrN3O/c23-20-4-2-1-3-15(20)5-8-25-17-11-16-14-27-10-9-26-21-6-7-24-13-19(21)18(12-17)22(16)26/h1-4,11-12,19,21,24-25H,5-10,13-14H2/t19-,21?/m0/s1. The highest BCUT2D eigenvalue weighted by Crippen LogP contribution is 2.47. The zero-order valence-electron chi connectivity index (χ0n) is 15.5. The number of rotatable bonds is 4. The van der Waals surface area contributed by atoms with Gasteiger partial charge >= 0.3 is 0 Å². The minimum Gasteiger partial charge on any atom is -0.385 e. The van der Waals surface area contributed by atoms with Crippen molar-refractivity contribution in [1.29, 1.82) is 0 Å². The molecule has 2 atom stereocenters. The Labute approximate surface area is 169 Å². The van der Waals surface area contributed by atoms with Gasteiger partial charge in [0.25, 0.3) is 0 Å². The quantitative estimate of drug-likeness (QED) is 0.775. The molecule has 3 heterocycles. The molecular formula is C22H26BrN3O. The summed E-state index contributed by atoms with van der Waals surface area (Å²) in [6.45, 7) is 5.72. The number of nitrogens with zero attached hydrogens (tertiary/aromatic N) is 1. The molecule has 142 valence electrons. The predicted molar refractivity (Wildman–Crippen MR) is 114 cm³/mol. The molecule has 0 radical (unpaired) electrons. The van der Waals surface area contributed by atoms with Gasteiger partial charge in [-0.2, -0.15) is 0 Å². The van der Waals surface area contributed by atoms with Crippen molar-refractivity contribution in [2.24, 2.45) is 0 Å². The number of nitrogens with one attached hydrogen (secondary N) is 2. The normalized spacial score (nSPS) is 23.5. The summed E-state index contributed by atoms with van der Waals surface area (Å²) in [7, 11) is 0. The summed E-state index contributed by atoms with van der Waals surface area (Å²) in [5.74, 6) is 0.607. The van der Waals surface area contributed by atoms with Crippen LogP contribution in [0.15, 0.2) is 40.9 Å². The molecule has 1 fully saturated rings. The van der Waals surface area contributed by atoms with Crippen LogP contribution < -0.4 is 15.5 Å². The van der Waals surface area contributed by atoms with E-state index in [1.807, 2.05) is 0 Å². The molecule has 2 N–H and O–H groups in total. The van der Waals surface area contributed by atoms with Crippen LogP contribution in [-0.4, -0.2) is 38.8 Å². The number of fused-ring (bicyclic) bond motifs is 3. The van der Waals surface area contributed by atoms with Crippen molar-refractivity contribution in [1.82, 2.24) is 5.32 Å². The third-order valence-electron chi connectivity index (χ3n) is 6.17. The third-order valence-corrected chi connectivity index (χ3v) is 6.94. The van der Waals surface area contributed by atoms with Gasteiger partial charge in [0.15, 0.2) is 0 Å². The molecule has 0 aromatic heterocycles.